The standard InChI is InChI=1S/C11H20ClN5OS/c1-5-17(6-2)11-15-9(12)14-10(16-11)13-8(3)7-19(4)18/h8H,5-7H2,1-4H3,(H,13,14,15,16). The molecule has 0 aliphatic heterocycles. The van der Waals surface area contributed by atoms with Crippen LogP contribution in [0.1, 0.15) is 20.8 Å². The van der Waals surface area contributed by atoms with Crippen LogP contribution in [0.2, 0.25) is 5.28 Å². The molecule has 1 N–H and O–H groups in total. The Labute approximate surface area is 121 Å². The number of halogens is 1. The third-order valence-electron chi connectivity index (χ3n) is 2.50. The normalized spacial score (nSPS) is 13.9. The molecule has 0 bridgehead atoms. The lowest BCUT2D eigenvalue weighted by molar-refractivity contribution is 0.682. The van der Waals surface area contributed by atoms with E-state index in [0.29, 0.717) is 17.6 Å². The first-order chi connectivity index (χ1) is 8.96. The number of aromatic nitrogens is 3. The van der Waals surface area contributed by atoms with Gasteiger partial charge in [-0.1, -0.05) is 0 Å². The van der Waals surface area contributed by atoms with Gasteiger partial charge in [0.05, 0.1) is 0 Å². The minimum absolute atomic E-state index is 0.00820. The van der Waals surface area contributed by atoms with Crippen molar-refractivity contribution < 1.29 is 4.21 Å². The second kappa shape index (κ2) is 7.59. The van der Waals surface area contributed by atoms with Crippen molar-refractivity contribution in [2.24, 2.45) is 0 Å². The molecule has 1 rings (SSSR count). The van der Waals surface area contributed by atoms with Crippen LogP contribution in [0.5, 0.6) is 0 Å². The van der Waals surface area contributed by atoms with Crippen LogP contribution >= 0.6 is 11.6 Å². The van der Waals surface area contributed by atoms with Gasteiger partial charge in [0.15, 0.2) is 0 Å². The van der Waals surface area contributed by atoms with Crippen molar-refractivity contribution in [3.05, 3.63) is 5.28 Å². The summed E-state index contributed by atoms with van der Waals surface area (Å²) in [5, 5.41) is 3.25. The fourth-order valence-electron chi connectivity index (χ4n) is 1.67. The highest BCUT2D eigenvalue weighted by Crippen LogP contribution is 2.14. The van der Waals surface area contributed by atoms with Crippen molar-refractivity contribution in [2.75, 3.05) is 35.3 Å². The van der Waals surface area contributed by atoms with Crippen molar-refractivity contribution in [1.29, 1.82) is 0 Å². The van der Waals surface area contributed by atoms with Crippen LogP contribution in [0.25, 0.3) is 0 Å². The van der Waals surface area contributed by atoms with E-state index in [4.69, 9.17) is 11.6 Å². The van der Waals surface area contributed by atoms with Crippen LogP contribution in [-0.2, 0) is 10.8 Å². The predicted octanol–water partition coefficient (Wildman–Crippen LogP) is 1.55. The Morgan fingerprint density at radius 2 is 1.95 bits per heavy atom. The highest BCUT2D eigenvalue weighted by Gasteiger charge is 2.12. The number of rotatable bonds is 7. The largest absolute Gasteiger partial charge is 0.351 e. The van der Waals surface area contributed by atoms with Crippen LogP contribution in [0.15, 0.2) is 0 Å². The maximum Gasteiger partial charge on any atom is 0.231 e. The lowest BCUT2D eigenvalue weighted by atomic mass is 10.4. The van der Waals surface area contributed by atoms with Crippen LogP contribution < -0.4 is 10.2 Å². The van der Waals surface area contributed by atoms with Gasteiger partial charge >= 0.3 is 0 Å². The summed E-state index contributed by atoms with van der Waals surface area (Å²) in [6, 6.07) is 0.00820. The molecule has 2 unspecified atom stereocenters. The lowest BCUT2D eigenvalue weighted by Gasteiger charge is -2.19. The van der Waals surface area contributed by atoms with Gasteiger partial charge in [-0.15, -0.1) is 0 Å². The van der Waals surface area contributed by atoms with Crippen LogP contribution in [0.3, 0.4) is 0 Å². The molecule has 0 saturated carbocycles. The van der Waals surface area contributed by atoms with Gasteiger partial charge in [0.25, 0.3) is 0 Å². The third kappa shape index (κ3) is 5.28. The number of anilines is 2. The molecule has 2 atom stereocenters. The number of hydrogen-bond acceptors (Lipinski definition) is 6. The minimum Gasteiger partial charge on any atom is -0.351 e. The maximum absolute atomic E-state index is 11.2. The number of nitrogens with zero attached hydrogens (tertiary/aromatic N) is 4. The molecule has 0 aliphatic rings. The molecule has 1 aromatic heterocycles. The van der Waals surface area contributed by atoms with Gasteiger partial charge in [0, 0.05) is 41.9 Å². The van der Waals surface area contributed by atoms with Gasteiger partial charge in [-0.2, -0.15) is 15.0 Å². The molecule has 108 valence electrons. The summed E-state index contributed by atoms with van der Waals surface area (Å²) in [6.45, 7) is 7.57. The van der Waals surface area contributed by atoms with E-state index in [9.17, 15) is 4.21 Å². The molecular weight excluding hydrogens is 286 g/mol. The van der Waals surface area contributed by atoms with E-state index in [1.807, 2.05) is 25.7 Å². The number of hydrogen-bond donors (Lipinski definition) is 1. The van der Waals surface area contributed by atoms with Crippen molar-refractivity contribution in [3.8, 4) is 0 Å². The molecular formula is C11H20ClN5OS. The molecule has 8 heteroatoms. The van der Waals surface area contributed by atoms with E-state index < -0.39 is 10.8 Å². The maximum atomic E-state index is 11.2. The minimum atomic E-state index is -0.869. The molecule has 1 heterocycles. The van der Waals surface area contributed by atoms with E-state index in [1.165, 1.54) is 0 Å². The summed E-state index contributed by atoms with van der Waals surface area (Å²) in [6.07, 6.45) is 1.67. The van der Waals surface area contributed by atoms with Crippen LogP contribution in [-0.4, -0.2) is 50.3 Å². The molecule has 0 fully saturated rings. The van der Waals surface area contributed by atoms with Crippen LogP contribution in [0, 0.1) is 0 Å². The van der Waals surface area contributed by atoms with E-state index in [-0.39, 0.29) is 11.3 Å². The summed E-state index contributed by atoms with van der Waals surface area (Å²) in [7, 11) is -0.869. The fraction of sp³-hybridized carbons (Fsp3) is 0.727. The summed E-state index contributed by atoms with van der Waals surface area (Å²) in [4.78, 5) is 14.5. The monoisotopic (exact) mass is 305 g/mol. The van der Waals surface area contributed by atoms with E-state index in [1.54, 1.807) is 6.26 Å². The van der Waals surface area contributed by atoms with Gasteiger partial charge in [-0.25, -0.2) is 0 Å². The van der Waals surface area contributed by atoms with Gasteiger partial charge in [-0.05, 0) is 32.4 Å². The Morgan fingerprint density at radius 3 is 2.47 bits per heavy atom. The summed E-state index contributed by atoms with van der Waals surface area (Å²) in [5.41, 5.74) is 0. The fourth-order valence-corrected chi connectivity index (χ4v) is 2.61. The molecule has 6 nitrogen and oxygen atoms in total. The zero-order valence-corrected chi connectivity index (χ0v) is 13.3. The molecule has 0 amide bonds. The van der Waals surface area contributed by atoms with Gasteiger partial charge in [-0.3, -0.25) is 4.21 Å². The first-order valence-electron chi connectivity index (χ1n) is 6.19. The highest BCUT2D eigenvalue weighted by molar-refractivity contribution is 7.84. The van der Waals surface area contributed by atoms with Crippen molar-refractivity contribution >= 4 is 34.3 Å². The first kappa shape index (κ1) is 16.1. The summed E-state index contributed by atoms with van der Waals surface area (Å²) in [5.74, 6) is 1.50. The Balaban J connectivity index is 2.87. The molecule has 0 radical (unpaired) electrons. The van der Waals surface area contributed by atoms with Gasteiger partial charge < -0.3 is 10.2 Å². The Bertz CT molecular complexity index is 441. The molecule has 0 aromatic carbocycles. The second-order valence-electron chi connectivity index (χ2n) is 4.19. The zero-order valence-electron chi connectivity index (χ0n) is 11.7. The number of nitrogens with one attached hydrogen (secondary N) is 1. The van der Waals surface area contributed by atoms with Gasteiger partial charge in [0.2, 0.25) is 17.2 Å². The average Bonchev–Trinajstić information content (AvgIpc) is 2.28. The predicted molar refractivity (Wildman–Crippen MR) is 80.4 cm³/mol. The van der Waals surface area contributed by atoms with Crippen molar-refractivity contribution in [2.45, 2.75) is 26.8 Å². The Hall–Kier alpha value is -0.950. The molecule has 1 aromatic rings. The zero-order chi connectivity index (χ0) is 14.4. The Kier molecular flexibility index (Phi) is 6.44. The SMILES string of the molecule is CCN(CC)c1nc(Cl)nc(NC(C)CS(C)=O)n1. The quantitative estimate of drug-likeness (QED) is 0.824. The molecule has 0 aliphatic carbocycles. The summed E-state index contributed by atoms with van der Waals surface area (Å²) < 4.78 is 11.2. The molecule has 0 saturated heterocycles. The van der Waals surface area contributed by atoms with E-state index in [2.05, 4.69) is 20.3 Å². The smallest absolute Gasteiger partial charge is 0.231 e. The van der Waals surface area contributed by atoms with Crippen molar-refractivity contribution in [1.82, 2.24) is 15.0 Å². The first-order valence-corrected chi connectivity index (χ1v) is 8.29. The third-order valence-corrected chi connectivity index (χ3v) is 3.64. The molecule has 0 spiro atoms. The van der Waals surface area contributed by atoms with Crippen molar-refractivity contribution in [3.63, 3.8) is 0 Å². The molecule has 19 heavy (non-hydrogen) atoms. The Morgan fingerprint density at radius 1 is 1.32 bits per heavy atom. The van der Waals surface area contributed by atoms with E-state index in [0.717, 1.165) is 13.1 Å². The second-order valence-corrected chi connectivity index (χ2v) is 6.00. The summed E-state index contributed by atoms with van der Waals surface area (Å²) >= 11 is 5.91. The van der Waals surface area contributed by atoms with Crippen LogP contribution in [0.4, 0.5) is 11.9 Å². The topological polar surface area (TPSA) is 71.0 Å². The average molecular weight is 306 g/mol. The van der Waals surface area contributed by atoms with E-state index >= 15 is 0 Å². The van der Waals surface area contributed by atoms with Gasteiger partial charge in [0.1, 0.15) is 0 Å². The lowest BCUT2D eigenvalue weighted by Crippen LogP contribution is -2.27. The highest BCUT2D eigenvalue weighted by atomic mass is 35.5.